The predicted molar refractivity (Wildman–Crippen MR) is 103 cm³/mol. The second kappa shape index (κ2) is 8.22. The van der Waals surface area contributed by atoms with Crippen LogP contribution in [0.15, 0.2) is 48.5 Å². The Hall–Kier alpha value is -1.55. The van der Waals surface area contributed by atoms with Crippen LogP contribution in [0.3, 0.4) is 0 Å². The van der Waals surface area contributed by atoms with E-state index in [1.807, 2.05) is 37.4 Å². The highest BCUT2D eigenvalue weighted by Gasteiger charge is 2.32. The third-order valence-electron chi connectivity index (χ3n) is 4.60. The van der Waals surface area contributed by atoms with Gasteiger partial charge in [0.05, 0.1) is 6.04 Å². The zero-order valence-electron chi connectivity index (χ0n) is 14.3. The summed E-state index contributed by atoms with van der Waals surface area (Å²) >= 11 is 12.1. The Morgan fingerprint density at radius 1 is 1.12 bits per heavy atom. The van der Waals surface area contributed by atoms with Gasteiger partial charge in [-0.25, -0.2) is 0 Å². The molecule has 1 fully saturated rings. The van der Waals surface area contributed by atoms with Crippen molar-refractivity contribution in [2.45, 2.75) is 32.0 Å². The molecule has 0 saturated carbocycles. The highest BCUT2D eigenvalue weighted by molar-refractivity contribution is 6.34. The molecular weight excluding hydrogens is 355 g/mol. The summed E-state index contributed by atoms with van der Waals surface area (Å²) in [6.45, 7) is 2.28. The van der Waals surface area contributed by atoms with Gasteiger partial charge in [0.15, 0.2) is 0 Å². The maximum atomic E-state index is 12.9. The lowest BCUT2D eigenvalue weighted by molar-refractivity contribution is -0.135. The van der Waals surface area contributed by atoms with Crippen LogP contribution in [0.2, 0.25) is 10.0 Å². The highest BCUT2D eigenvalue weighted by Crippen LogP contribution is 2.24. The van der Waals surface area contributed by atoms with Crippen molar-refractivity contribution in [1.82, 2.24) is 9.80 Å². The Bertz CT molecular complexity index is 715. The monoisotopic (exact) mass is 376 g/mol. The molecule has 0 aromatic heterocycles. The van der Waals surface area contributed by atoms with Crippen LogP contribution in [0.5, 0.6) is 0 Å². The zero-order chi connectivity index (χ0) is 17.8. The van der Waals surface area contributed by atoms with Crippen molar-refractivity contribution in [2.75, 3.05) is 13.6 Å². The number of likely N-dealkylation sites (N-methyl/N-ethyl adjacent to an activating group) is 1. The van der Waals surface area contributed by atoms with E-state index in [9.17, 15) is 4.79 Å². The Morgan fingerprint density at radius 2 is 1.80 bits per heavy atom. The summed E-state index contributed by atoms with van der Waals surface area (Å²) in [5.74, 6) is 0.157. The van der Waals surface area contributed by atoms with Gasteiger partial charge in [0.25, 0.3) is 0 Å². The number of carbonyl (C=O) groups is 1. The van der Waals surface area contributed by atoms with Crippen LogP contribution >= 0.6 is 23.2 Å². The summed E-state index contributed by atoms with van der Waals surface area (Å²) in [6.07, 6.45) is 1.96. The van der Waals surface area contributed by atoms with Crippen molar-refractivity contribution in [1.29, 1.82) is 0 Å². The lowest BCUT2D eigenvalue weighted by Crippen LogP contribution is -2.43. The molecule has 0 radical (unpaired) electrons. The van der Waals surface area contributed by atoms with E-state index in [0.717, 1.165) is 31.5 Å². The Balaban J connectivity index is 1.66. The summed E-state index contributed by atoms with van der Waals surface area (Å²) < 4.78 is 0. The topological polar surface area (TPSA) is 23.6 Å². The van der Waals surface area contributed by atoms with Gasteiger partial charge in [-0.05, 0) is 48.7 Å². The van der Waals surface area contributed by atoms with E-state index < -0.39 is 0 Å². The summed E-state index contributed by atoms with van der Waals surface area (Å²) in [6, 6.07) is 15.7. The minimum Gasteiger partial charge on any atom is -0.340 e. The van der Waals surface area contributed by atoms with Gasteiger partial charge in [-0.2, -0.15) is 0 Å². The van der Waals surface area contributed by atoms with Gasteiger partial charge in [-0.15, -0.1) is 0 Å². The quantitative estimate of drug-likeness (QED) is 0.759. The molecule has 0 aliphatic carbocycles. The number of likely N-dealkylation sites (tertiary alicyclic amines) is 1. The van der Waals surface area contributed by atoms with Gasteiger partial charge in [0.2, 0.25) is 5.91 Å². The second-order valence-electron chi connectivity index (χ2n) is 6.59. The number of amides is 1. The van der Waals surface area contributed by atoms with Crippen molar-refractivity contribution in [3.8, 4) is 0 Å². The van der Waals surface area contributed by atoms with Gasteiger partial charge in [0.1, 0.15) is 0 Å². The number of benzene rings is 2. The molecule has 2 aromatic rings. The van der Waals surface area contributed by atoms with Gasteiger partial charge < -0.3 is 4.90 Å². The van der Waals surface area contributed by atoms with Crippen molar-refractivity contribution in [2.24, 2.45) is 0 Å². The zero-order valence-corrected chi connectivity index (χ0v) is 15.8. The van der Waals surface area contributed by atoms with Crippen molar-refractivity contribution in [3.63, 3.8) is 0 Å². The fourth-order valence-corrected chi connectivity index (χ4v) is 3.99. The minimum atomic E-state index is -0.0557. The fourth-order valence-electron chi connectivity index (χ4n) is 3.42. The lowest BCUT2D eigenvalue weighted by atomic mass is 10.1. The molecule has 132 valence electrons. The largest absolute Gasteiger partial charge is 0.340 e. The van der Waals surface area contributed by atoms with Gasteiger partial charge in [0, 0.05) is 30.2 Å². The first-order valence-electron chi connectivity index (χ1n) is 8.51. The summed E-state index contributed by atoms with van der Waals surface area (Å²) in [5.41, 5.74) is 2.19. The maximum absolute atomic E-state index is 12.9. The third kappa shape index (κ3) is 4.75. The average molecular weight is 377 g/mol. The molecule has 2 aromatic carbocycles. The molecule has 0 N–H and O–H groups in total. The number of hydrogen-bond donors (Lipinski definition) is 0. The van der Waals surface area contributed by atoms with Gasteiger partial charge >= 0.3 is 0 Å². The van der Waals surface area contributed by atoms with E-state index in [4.69, 9.17) is 23.2 Å². The number of nitrogens with zero attached hydrogens (tertiary/aromatic N) is 2. The molecular formula is C20H22Cl2N2O. The summed E-state index contributed by atoms with van der Waals surface area (Å²) in [7, 11) is 1.84. The van der Waals surface area contributed by atoms with Gasteiger partial charge in [-0.1, -0.05) is 53.5 Å². The normalized spacial score (nSPS) is 17.6. The molecule has 1 saturated heterocycles. The SMILES string of the molecule is CN(Cc1cc(Cl)cc(Cl)c1)C(=O)[C@@H]1CCCN1Cc1ccccc1. The first kappa shape index (κ1) is 18.2. The maximum Gasteiger partial charge on any atom is 0.239 e. The third-order valence-corrected chi connectivity index (χ3v) is 5.03. The van der Waals surface area contributed by atoms with Gasteiger partial charge in [-0.3, -0.25) is 9.69 Å². The number of carbonyl (C=O) groups excluding carboxylic acids is 1. The Labute approximate surface area is 159 Å². The smallest absolute Gasteiger partial charge is 0.239 e. The minimum absolute atomic E-state index is 0.0557. The summed E-state index contributed by atoms with van der Waals surface area (Å²) in [5, 5.41) is 1.19. The molecule has 1 amide bonds. The average Bonchev–Trinajstić information content (AvgIpc) is 3.02. The van der Waals surface area contributed by atoms with Crippen LogP contribution in [0.1, 0.15) is 24.0 Å². The van der Waals surface area contributed by atoms with E-state index in [-0.39, 0.29) is 11.9 Å². The van der Waals surface area contributed by atoms with E-state index in [1.54, 1.807) is 11.0 Å². The number of halogens is 2. The van der Waals surface area contributed by atoms with Crippen molar-refractivity contribution in [3.05, 3.63) is 69.7 Å². The van der Waals surface area contributed by atoms with E-state index in [1.165, 1.54) is 5.56 Å². The highest BCUT2D eigenvalue weighted by atomic mass is 35.5. The molecule has 3 rings (SSSR count). The molecule has 5 heteroatoms. The standard InChI is InChI=1S/C20H22Cl2N2O/c1-23(13-16-10-17(21)12-18(22)11-16)20(25)19-8-5-9-24(19)14-15-6-3-2-4-7-15/h2-4,6-7,10-12,19H,5,8-9,13-14H2,1H3/t19-/m0/s1. The molecule has 0 unspecified atom stereocenters. The summed E-state index contributed by atoms with van der Waals surface area (Å²) in [4.78, 5) is 17.0. The lowest BCUT2D eigenvalue weighted by Gasteiger charge is -2.28. The van der Waals surface area contributed by atoms with Crippen molar-refractivity contribution >= 4 is 29.1 Å². The second-order valence-corrected chi connectivity index (χ2v) is 7.46. The molecule has 0 spiro atoms. The molecule has 0 bridgehead atoms. The Kier molecular flexibility index (Phi) is 6.00. The van der Waals surface area contributed by atoms with Crippen LogP contribution in [0, 0.1) is 0 Å². The van der Waals surface area contributed by atoms with E-state index in [2.05, 4.69) is 17.0 Å². The van der Waals surface area contributed by atoms with Crippen LogP contribution in [0.25, 0.3) is 0 Å². The number of hydrogen-bond acceptors (Lipinski definition) is 2. The molecule has 1 heterocycles. The van der Waals surface area contributed by atoms with Crippen LogP contribution in [-0.2, 0) is 17.9 Å². The van der Waals surface area contributed by atoms with Crippen LogP contribution in [0.4, 0.5) is 0 Å². The van der Waals surface area contributed by atoms with E-state index in [0.29, 0.717) is 16.6 Å². The molecule has 3 nitrogen and oxygen atoms in total. The predicted octanol–water partition coefficient (Wildman–Crippen LogP) is 4.62. The molecule has 1 atom stereocenters. The van der Waals surface area contributed by atoms with Crippen molar-refractivity contribution < 1.29 is 4.79 Å². The fraction of sp³-hybridized carbons (Fsp3) is 0.350. The Morgan fingerprint density at radius 3 is 2.48 bits per heavy atom. The molecule has 1 aliphatic heterocycles. The van der Waals surface area contributed by atoms with E-state index >= 15 is 0 Å². The van der Waals surface area contributed by atoms with Crippen LogP contribution in [-0.4, -0.2) is 35.3 Å². The first-order valence-corrected chi connectivity index (χ1v) is 9.26. The number of rotatable bonds is 5. The molecule has 25 heavy (non-hydrogen) atoms. The van der Waals surface area contributed by atoms with Crippen LogP contribution < -0.4 is 0 Å². The first-order chi connectivity index (χ1) is 12.0. The molecule has 1 aliphatic rings.